The van der Waals surface area contributed by atoms with Crippen molar-refractivity contribution in [2.24, 2.45) is 11.8 Å². The predicted molar refractivity (Wildman–Crippen MR) is 135 cm³/mol. The molecule has 2 aromatic carbocycles. The zero-order valence-electron chi connectivity index (χ0n) is 20.3. The number of aryl methyl sites for hydroxylation is 1. The number of rotatable bonds is 8. The van der Waals surface area contributed by atoms with Gasteiger partial charge in [0.15, 0.2) is 0 Å². The van der Waals surface area contributed by atoms with E-state index in [1.165, 1.54) is 5.56 Å². The summed E-state index contributed by atoms with van der Waals surface area (Å²) in [6.45, 7) is 5.43. The summed E-state index contributed by atoms with van der Waals surface area (Å²) in [7, 11) is 1.63. The van der Waals surface area contributed by atoms with Gasteiger partial charge in [-0.1, -0.05) is 37.3 Å². The van der Waals surface area contributed by atoms with Gasteiger partial charge in [0, 0.05) is 42.0 Å². The van der Waals surface area contributed by atoms with Gasteiger partial charge in [-0.15, -0.1) is 0 Å². The third-order valence-electron chi connectivity index (χ3n) is 7.11. The Balaban J connectivity index is 1.26. The molecule has 0 aliphatic carbocycles. The van der Waals surface area contributed by atoms with E-state index in [0.717, 1.165) is 42.3 Å². The number of hydrogen-bond acceptors (Lipinski definition) is 3. The van der Waals surface area contributed by atoms with Gasteiger partial charge in [0.2, 0.25) is 5.91 Å². The Labute approximate surface area is 201 Å². The monoisotopic (exact) mass is 461 g/mol. The molecule has 4 rings (SSSR count). The molecule has 2 heterocycles. The Morgan fingerprint density at radius 3 is 2.53 bits per heavy atom. The minimum atomic E-state index is -0.0584. The lowest BCUT2D eigenvalue weighted by atomic mass is 9.84. The van der Waals surface area contributed by atoms with Crippen LogP contribution in [0.1, 0.15) is 49.2 Å². The largest absolute Gasteiger partial charge is 0.497 e. The molecular formula is C28H35N3O3. The third-order valence-corrected chi connectivity index (χ3v) is 7.11. The first-order valence-electron chi connectivity index (χ1n) is 12.2. The number of H-pyrrole nitrogens is 1. The van der Waals surface area contributed by atoms with Crippen LogP contribution in [0.5, 0.6) is 5.75 Å². The highest BCUT2D eigenvalue weighted by Gasteiger charge is 2.31. The van der Waals surface area contributed by atoms with E-state index < -0.39 is 0 Å². The fraction of sp³-hybridized carbons (Fsp3) is 0.429. The van der Waals surface area contributed by atoms with Crippen molar-refractivity contribution in [3.8, 4) is 5.75 Å². The molecule has 0 spiro atoms. The first kappa shape index (κ1) is 23.9. The van der Waals surface area contributed by atoms with Crippen LogP contribution < -0.4 is 10.1 Å². The molecule has 1 fully saturated rings. The van der Waals surface area contributed by atoms with Crippen LogP contribution in [0.3, 0.4) is 0 Å². The van der Waals surface area contributed by atoms with Gasteiger partial charge in [0.25, 0.3) is 5.91 Å². The van der Waals surface area contributed by atoms with Crippen LogP contribution in [0, 0.1) is 11.8 Å². The van der Waals surface area contributed by atoms with Crippen molar-refractivity contribution in [1.29, 1.82) is 0 Å². The van der Waals surface area contributed by atoms with Crippen LogP contribution in [-0.2, 0) is 11.2 Å². The molecule has 2 N–H and O–H groups in total. The van der Waals surface area contributed by atoms with Crippen LogP contribution in [0.2, 0.25) is 0 Å². The molecule has 3 aromatic rings. The van der Waals surface area contributed by atoms with Crippen molar-refractivity contribution in [2.45, 2.75) is 45.6 Å². The van der Waals surface area contributed by atoms with Gasteiger partial charge in [0.05, 0.1) is 7.11 Å². The SMILES string of the molecule is COc1ccc2cc(C(=O)N3CCC([C@@H](C)C(=O)N[C@@H](C)CCc4ccccc4)CC3)[nH]c2c1. The summed E-state index contributed by atoms with van der Waals surface area (Å²) in [5, 5.41) is 4.19. The van der Waals surface area contributed by atoms with E-state index in [-0.39, 0.29) is 29.7 Å². The molecule has 2 atom stereocenters. The summed E-state index contributed by atoms with van der Waals surface area (Å²) >= 11 is 0. The number of piperidine rings is 1. The molecule has 0 bridgehead atoms. The molecule has 180 valence electrons. The number of hydrogen-bond donors (Lipinski definition) is 2. The van der Waals surface area contributed by atoms with Gasteiger partial charge in [-0.25, -0.2) is 0 Å². The van der Waals surface area contributed by atoms with E-state index in [1.54, 1.807) is 7.11 Å². The van der Waals surface area contributed by atoms with E-state index >= 15 is 0 Å². The molecule has 1 aliphatic rings. The van der Waals surface area contributed by atoms with E-state index in [1.807, 2.05) is 54.3 Å². The molecule has 0 radical (unpaired) electrons. The lowest BCUT2D eigenvalue weighted by Crippen LogP contribution is -2.44. The summed E-state index contributed by atoms with van der Waals surface area (Å²) in [6, 6.07) is 18.2. The summed E-state index contributed by atoms with van der Waals surface area (Å²) in [6.07, 6.45) is 3.56. The number of likely N-dealkylation sites (tertiary alicyclic amines) is 1. The van der Waals surface area contributed by atoms with Crippen molar-refractivity contribution in [3.63, 3.8) is 0 Å². The minimum absolute atomic E-state index is 0.0141. The topological polar surface area (TPSA) is 74.4 Å². The van der Waals surface area contributed by atoms with Crippen molar-refractivity contribution in [3.05, 3.63) is 65.9 Å². The normalized spacial score (nSPS) is 16.3. The number of benzene rings is 2. The fourth-order valence-electron chi connectivity index (χ4n) is 4.81. The molecule has 0 saturated carbocycles. The molecule has 2 amide bonds. The summed E-state index contributed by atoms with van der Waals surface area (Å²) in [5.74, 6) is 1.13. The zero-order valence-corrected chi connectivity index (χ0v) is 20.3. The summed E-state index contributed by atoms with van der Waals surface area (Å²) in [4.78, 5) is 31.0. The summed E-state index contributed by atoms with van der Waals surface area (Å²) in [5.41, 5.74) is 2.78. The number of aromatic amines is 1. The lowest BCUT2D eigenvalue weighted by Gasteiger charge is -2.34. The van der Waals surface area contributed by atoms with E-state index in [4.69, 9.17) is 4.74 Å². The molecule has 34 heavy (non-hydrogen) atoms. The van der Waals surface area contributed by atoms with Crippen LogP contribution in [0.25, 0.3) is 10.9 Å². The van der Waals surface area contributed by atoms with E-state index in [0.29, 0.717) is 18.8 Å². The molecule has 6 heteroatoms. The third kappa shape index (κ3) is 5.61. The van der Waals surface area contributed by atoms with Crippen molar-refractivity contribution < 1.29 is 14.3 Å². The molecular weight excluding hydrogens is 426 g/mol. The molecule has 1 saturated heterocycles. The quantitative estimate of drug-likeness (QED) is 0.506. The van der Waals surface area contributed by atoms with Crippen molar-refractivity contribution >= 4 is 22.7 Å². The average molecular weight is 462 g/mol. The number of fused-ring (bicyclic) bond motifs is 1. The molecule has 1 aromatic heterocycles. The van der Waals surface area contributed by atoms with Crippen LogP contribution in [0.15, 0.2) is 54.6 Å². The Hall–Kier alpha value is -3.28. The van der Waals surface area contributed by atoms with Gasteiger partial charge in [-0.3, -0.25) is 9.59 Å². The highest BCUT2D eigenvalue weighted by atomic mass is 16.5. The zero-order chi connectivity index (χ0) is 24.1. The first-order valence-corrected chi connectivity index (χ1v) is 12.2. The second-order valence-electron chi connectivity index (χ2n) is 9.49. The predicted octanol–water partition coefficient (Wildman–Crippen LogP) is 4.80. The van der Waals surface area contributed by atoms with Gasteiger partial charge >= 0.3 is 0 Å². The number of carbonyl (C=O) groups excluding carboxylic acids is 2. The van der Waals surface area contributed by atoms with Crippen LogP contribution in [0.4, 0.5) is 0 Å². The standard InChI is InChI=1S/C28H35N3O3/c1-19(9-10-21-7-5-4-6-8-21)29-27(32)20(2)22-13-15-31(16-14-22)28(33)26-17-23-11-12-24(34-3)18-25(23)30-26/h4-8,11-12,17-20,22,30H,9-10,13-16H2,1-3H3,(H,29,32)/t19-,20+/m0/s1. The second kappa shape index (κ2) is 10.8. The van der Waals surface area contributed by atoms with E-state index in [2.05, 4.69) is 29.4 Å². The van der Waals surface area contributed by atoms with Gasteiger partial charge in [-0.2, -0.15) is 0 Å². The highest BCUT2D eigenvalue weighted by molar-refractivity contribution is 5.98. The van der Waals surface area contributed by atoms with Crippen molar-refractivity contribution in [2.75, 3.05) is 20.2 Å². The number of nitrogens with one attached hydrogen (secondary N) is 2. The number of carbonyl (C=O) groups is 2. The number of methoxy groups -OCH3 is 1. The van der Waals surface area contributed by atoms with E-state index in [9.17, 15) is 9.59 Å². The average Bonchev–Trinajstić information content (AvgIpc) is 3.30. The highest BCUT2D eigenvalue weighted by Crippen LogP contribution is 2.27. The fourth-order valence-corrected chi connectivity index (χ4v) is 4.81. The number of ether oxygens (including phenoxy) is 1. The maximum atomic E-state index is 13.1. The Morgan fingerprint density at radius 1 is 1.09 bits per heavy atom. The maximum absolute atomic E-state index is 13.1. The number of nitrogens with zero attached hydrogens (tertiary/aromatic N) is 1. The second-order valence-corrected chi connectivity index (χ2v) is 9.49. The molecule has 6 nitrogen and oxygen atoms in total. The Kier molecular flexibility index (Phi) is 7.56. The maximum Gasteiger partial charge on any atom is 0.270 e. The van der Waals surface area contributed by atoms with Crippen LogP contribution in [-0.4, -0.2) is 47.9 Å². The molecule has 0 unspecified atom stereocenters. The lowest BCUT2D eigenvalue weighted by molar-refractivity contribution is -0.127. The first-order chi connectivity index (χ1) is 16.4. The summed E-state index contributed by atoms with van der Waals surface area (Å²) < 4.78 is 5.27. The Morgan fingerprint density at radius 2 is 1.82 bits per heavy atom. The van der Waals surface area contributed by atoms with Gasteiger partial charge in [-0.05, 0) is 62.3 Å². The molecule has 1 aliphatic heterocycles. The van der Waals surface area contributed by atoms with Gasteiger partial charge < -0.3 is 19.9 Å². The number of aromatic nitrogens is 1. The van der Waals surface area contributed by atoms with Crippen LogP contribution >= 0.6 is 0 Å². The number of amides is 2. The minimum Gasteiger partial charge on any atom is -0.497 e. The smallest absolute Gasteiger partial charge is 0.270 e. The van der Waals surface area contributed by atoms with Gasteiger partial charge in [0.1, 0.15) is 11.4 Å². The van der Waals surface area contributed by atoms with Crippen molar-refractivity contribution in [1.82, 2.24) is 15.2 Å². The Bertz CT molecular complexity index is 1120.